The topological polar surface area (TPSA) is 77.0 Å². The summed E-state index contributed by atoms with van der Waals surface area (Å²) in [6.07, 6.45) is -7.77. The highest BCUT2D eigenvalue weighted by molar-refractivity contribution is 5.61. The van der Waals surface area contributed by atoms with E-state index in [4.69, 9.17) is 15.3 Å². The normalized spacial score (nSPS) is 20.2. The minimum Gasteiger partial charge on any atom is -0.448 e. The van der Waals surface area contributed by atoms with E-state index in [-0.39, 0.29) is 16.9 Å². The maximum atomic E-state index is 13.5. The Morgan fingerprint density at radius 2 is 1.65 bits per heavy atom. The number of hydrogen-bond donors (Lipinski definition) is 1. The molecule has 0 amide bonds. The maximum absolute atomic E-state index is 13.5. The molecule has 2 aliphatic carbocycles. The van der Waals surface area contributed by atoms with Gasteiger partial charge in [0.05, 0.1) is 28.8 Å². The van der Waals surface area contributed by atoms with Gasteiger partial charge in [-0.05, 0) is 23.9 Å². The Morgan fingerprint density at radius 3 is 2.15 bits per heavy atom. The molecule has 0 radical (unpaired) electrons. The fourth-order valence-electron chi connectivity index (χ4n) is 2.54. The third-order valence-electron chi connectivity index (χ3n) is 3.69. The van der Waals surface area contributed by atoms with Gasteiger partial charge in [0.1, 0.15) is 17.4 Å². The van der Waals surface area contributed by atoms with Crippen LogP contribution in [0.1, 0.15) is 11.1 Å². The third kappa shape index (κ3) is 2.57. The number of hydrogen-bond acceptors (Lipinski definition) is 4. The van der Waals surface area contributed by atoms with E-state index in [1.54, 1.807) is 12.1 Å². The molecule has 1 aromatic rings. The number of halogens is 5. The maximum Gasteiger partial charge on any atom is 0.421 e. The lowest BCUT2D eigenvalue weighted by molar-refractivity contribution is -0.112. The monoisotopic (exact) mass is 364 g/mol. The predicted molar refractivity (Wildman–Crippen MR) is 74.6 cm³/mol. The summed E-state index contributed by atoms with van der Waals surface area (Å²) in [5, 5.41) is 27.2. The van der Waals surface area contributed by atoms with Crippen molar-refractivity contribution in [1.29, 1.82) is 10.5 Å². The molecule has 0 aliphatic heterocycles. The van der Waals surface area contributed by atoms with Gasteiger partial charge >= 0.3 is 12.1 Å². The quantitative estimate of drug-likeness (QED) is 0.646. The summed E-state index contributed by atoms with van der Waals surface area (Å²) >= 11 is 0. The molecule has 3 rings (SSSR count). The lowest BCUT2D eigenvalue weighted by Gasteiger charge is -2.39. The molecular weight excluding hydrogens is 359 g/mol. The van der Waals surface area contributed by atoms with Crippen molar-refractivity contribution in [3.8, 4) is 17.9 Å². The van der Waals surface area contributed by atoms with Crippen molar-refractivity contribution >= 4 is 0 Å². The number of ether oxygens (including phenoxy) is 1. The summed E-state index contributed by atoms with van der Waals surface area (Å²) in [4.78, 5) is 0. The number of rotatable bonds is 2. The van der Waals surface area contributed by atoms with Crippen LogP contribution in [0.15, 0.2) is 52.1 Å². The van der Waals surface area contributed by atoms with Crippen LogP contribution in [0.3, 0.4) is 0 Å². The lowest BCUT2D eigenvalue weighted by atomic mass is 9.74. The fourth-order valence-corrected chi connectivity index (χ4v) is 2.54. The van der Waals surface area contributed by atoms with Gasteiger partial charge in [0, 0.05) is 5.57 Å². The largest absolute Gasteiger partial charge is 0.448 e. The third-order valence-corrected chi connectivity index (χ3v) is 3.69. The standard InChI is InChI=1S/C17H5F5N2O2/c18-16(19)11-1-2-12(14(17(20,21)22)13(11)15(16)25)26-10-4-8(6-23)3-9(5-10)7-24/h3-5,15,25H. The van der Waals surface area contributed by atoms with Crippen LogP contribution in [0.4, 0.5) is 22.0 Å². The summed E-state index contributed by atoms with van der Waals surface area (Å²) in [5.41, 5.74) is -0.0866. The number of allylic oxidation sites excluding steroid dienone is 1. The number of fused-ring (bicyclic) bond motifs is 1. The van der Waals surface area contributed by atoms with Crippen LogP contribution in [-0.4, -0.2) is 23.3 Å². The van der Waals surface area contributed by atoms with Gasteiger partial charge in [0.2, 0.25) is 0 Å². The SMILES string of the molecule is N#Cc1cc(C#N)cc(OC2=C=C=C3C(=C2C(F)(F)F)C(O)C3(F)F)c1. The minimum absolute atomic E-state index is 0.0490. The van der Waals surface area contributed by atoms with E-state index in [2.05, 4.69) is 0 Å². The second-order valence-corrected chi connectivity index (χ2v) is 5.34. The Hall–Kier alpha value is -3.35. The zero-order valence-corrected chi connectivity index (χ0v) is 12.4. The van der Waals surface area contributed by atoms with E-state index in [1.807, 2.05) is 11.5 Å². The van der Waals surface area contributed by atoms with Crippen LogP contribution in [0.2, 0.25) is 0 Å². The van der Waals surface area contributed by atoms with Crippen molar-refractivity contribution in [2.75, 3.05) is 0 Å². The van der Waals surface area contributed by atoms with Gasteiger partial charge in [-0.3, -0.25) is 0 Å². The van der Waals surface area contributed by atoms with E-state index < -0.39 is 40.7 Å². The van der Waals surface area contributed by atoms with Gasteiger partial charge in [-0.25, -0.2) is 0 Å². The minimum atomic E-state index is -5.12. The summed E-state index contributed by atoms with van der Waals surface area (Å²) in [7, 11) is 0. The Bertz CT molecular complexity index is 1010. The molecule has 9 heteroatoms. The van der Waals surface area contributed by atoms with Crippen molar-refractivity contribution in [3.05, 3.63) is 63.3 Å². The van der Waals surface area contributed by atoms with E-state index in [0.29, 0.717) is 0 Å². The van der Waals surface area contributed by atoms with Crippen LogP contribution in [-0.2, 0) is 0 Å². The number of benzene rings is 1. The molecule has 0 aromatic heterocycles. The Balaban J connectivity index is 2.14. The molecule has 0 saturated heterocycles. The van der Waals surface area contributed by atoms with Gasteiger partial charge in [0.25, 0.3) is 0 Å². The highest BCUT2D eigenvalue weighted by atomic mass is 19.4. The molecular formula is C17H5F5N2O2. The number of aliphatic hydroxyl groups is 1. The van der Waals surface area contributed by atoms with Crippen LogP contribution >= 0.6 is 0 Å². The summed E-state index contributed by atoms with van der Waals surface area (Å²) in [6.45, 7) is 0. The number of nitrogens with zero attached hydrogens (tertiary/aromatic N) is 2. The Labute approximate surface area is 142 Å². The fraction of sp³-hybridized carbons (Fsp3) is 0.176. The zero-order valence-electron chi connectivity index (χ0n) is 12.4. The van der Waals surface area contributed by atoms with Crippen LogP contribution in [0, 0.1) is 22.7 Å². The Morgan fingerprint density at radius 1 is 1.08 bits per heavy atom. The van der Waals surface area contributed by atoms with E-state index in [9.17, 15) is 27.1 Å². The Kier molecular flexibility index (Phi) is 3.75. The number of aliphatic hydroxyl groups excluding tert-OH is 1. The highest BCUT2D eigenvalue weighted by Gasteiger charge is 2.62. The number of nitriles is 2. The molecule has 1 saturated carbocycles. The molecule has 26 heavy (non-hydrogen) atoms. The van der Waals surface area contributed by atoms with Crippen molar-refractivity contribution in [1.82, 2.24) is 0 Å². The number of alkyl halides is 5. The van der Waals surface area contributed by atoms with Gasteiger partial charge in [-0.2, -0.15) is 32.5 Å². The van der Waals surface area contributed by atoms with Gasteiger partial charge in [0.15, 0.2) is 5.76 Å². The van der Waals surface area contributed by atoms with Gasteiger partial charge < -0.3 is 9.84 Å². The van der Waals surface area contributed by atoms with Crippen molar-refractivity contribution in [2.24, 2.45) is 0 Å². The molecule has 0 spiro atoms. The first-order chi connectivity index (χ1) is 12.1. The second-order valence-electron chi connectivity index (χ2n) is 5.34. The molecule has 1 aromatic carbocycles. The molecule has 2 aliphatic rings. The zero-order chi connectivity index (χ0) is 19.3. The lowest BCUT2D eigenvalue weighted by Crippen LogP contribution is -2.51. The average molecular weight is 364 g/mol. The summed E-state index contributed by atoms with van der Waals surface area (Å²) < 4.78 is 72.1. The van der Waals surface area contributed by atoms with Crippen molar-refractivity contribution in [3.63, 3.8) is 0 Å². The van der Waals surface area contributed by atoms with E-state index >= 15 is 0 Å². The molecule has 0 bridgehead atoms. The second kappa shape index (κ2) is 5.59. The molecule has 1 atom stereocenters. The molecule has 130 valence electrons. The molecule has 0 heterocycles. The van der Waals surface area contributed by atoms with Crippen molar-refractivity contribution in [2.45, 2.75) is 18.2 Å². The summed E-state index contributed by atoms with van der Waals surface area (Å²) in [5.74, 6) is -5.15. The average Bonchev–Trinajstić information content (AvgIpc) is 2.59. The predicted octanol–water partition coefficient (Wildman–Crippen LogP) is 3.26. The van der Waals surface area contributed by atoms with Crippen molar-refractivity contribution < 1.29 is 31.8 Å². The first-order valence-corrected chi connectivity index (χ1v) is 6.87. The first-order valence-electron chi connectivity index (χ1n) is 6.87. The molecule has 4 nitrogen and oxygen atoms in total. The van der Waals surface area contributed by atoms with Crippen LogP contribution in [0.5, 0.6) is 5.75 Å². The summed E-state index contributed by atoms with van der Waals surface area (Å²) in [6, 6.07) is 6.75. The van der Waals surface area contributed by atoms with E-state index in [1.165, 1.54) is 6.07 Å². The van der Waals surface area contributed by atoms with Gasteiger partial charge in [-0.1, -0.05) is 5.73 Å². The van der Waals surface area contributed by atoms with Crippen LogP contribution in [0.25, 0.3) is 0 Å². The van der Waals surface area contributed by atoms with Gasteiger partial charge in [-0.15, -0.1) is 0 Å². The van der Waals surface area contributed by atoms with Crippen LogP contribution < -0.4 is 4.74 Å². The van der Waals surface area contributed by atoms with E-state index in [0.717, 1.165) is 12.1 Å². The first kappa shape index (κ1) is 17.5. The molecule has 1 N–H and O–H groups in total. The molecule has 1 unspecified atom stereocenters. The molecule has 1 fully saturated rings. The highest BCUT2D eigenvalue weighted by Crippen LogP contribution is 2.53. The smallest absolute Gasteiger partial charge is 0.421 e.